The molecule has 0 bridgehead atoms. The average Bonchev–Trinajstić information content (AvgIpc) is 3.35. The van der Waals surface area contributed by atoms with Crippen LogP contribution in [0.25, 0.3) is 0 Å². The van der Waals surface area contributed by atoms with Crippen LogP contribution in [0, 0.1) is 0 Å². The molecular formula is C19H25N7O4S. The van der Waals surface area contributed by atoms with Crippen LogP contribution < -0.4 is 16.0 Å². The smallest absolute Gasteiger partial charge is 0.274 e. The lowest BCUT2D eigenvalue weighted by Crippen LogP contribution is -2.64. The van der Waals surface area contributed by atoms with Gasteiger partial charge in [0.25, 0.3) is 5.91 Å². The monoisotopic (exact) mass is 447 g/mol. The summed E-state index contributed by atoms with van der Waals surface area (Å²) in [6.45, 7) is 1.16. The third kappa shape index (κ3) is 4.79. The fourth-order valence-corrected chi connectivity index (χ4v) is 4.89. The van der Waals surface area contributed by atoms with Gasteiger partial charge in [0, 0.05) is 43.7 Å². The van der Waals surface area contributed by atoms with Crippen LogP contribution in [0.2, 0.25) is 0 Å². The van der Waals surface area contributed by atoms with E-state index in [-0.39, 0.29) is 36.6 Å². The molecule has 3 aliphatic rings. The maximum absolute atomic E-state index is 13.2. The molecule has 0 saturated carbocycles. The minimum atomic E-state index is -0.920. The third-order valence-electron chi connectivity index (χ3n) is 5.65. The molecular weight excluding hydrogens is 422 g/mol. The number of carbonyl (C=O) groups excluding carboxylic acids is 4. The van der Waals surface area contributed by atoms with E-state index in [4.69, 9.17) is 0 Å². The van der Waals surface area contributed by atoms with E-state index in [1.165, 1.54) is 23.5 Å². The molecule has 3 saturated heterocycles. The summed E-state index contributed by atoms with van der Waals surface area (Å²) in [5, 5.41) is 8.65. The maximum Gasteiger partial charge on any atom is 0.274 e. The number of rotatable bonds is 4. The minimum Gasteiger partial charge on any atom is -0.354 e. The summed E-state index contributed by atoms with van der Waals surface area (Å²) in [5.74, 6) is 0.194. The second-order valence-corrected chi connectivity index (χ2v) is 8.69. The van der Waals surface area contributed by atoms with Gasteiger partial charge in [-0.25, -0.2) is 4.98 Å². The van der Waals surface area contributed by atoms with Gasteiger partial charge in [-0.05, 0) is 12.8 Å². The molecule has 1 aromatic rings. The maximum atomic E-state index is 13.2. The van der Waals surface area contributed by atoms with E-state index in [0.29, 0.717) is 31.1 Å². The summed E-state index contributed by atoms with van der Waals surface area (Å²) in [6.07, 6.45) is 5.53. The highest BCUT2D eigenvalue weighted by molar-refractivity contribution is 7.99. The molecule has 4 rings (SSSR count). The third-order valence-corrected chi connectivity index (χ3v) is 6.59. The second kappa shape index (κ2) is 9.60. The molecule has 4 heterocycles. The molecule has 12 heteroatoms. The molecule has 0 radical (unpaired) electrons. The highest BCUT2D eigenvalue weighted by Gasteiger charge is 2.40. The molecule has 166 valence electrons. The largest absolute Gasteiger partial charge is 0.354 e. The van der Waals surface area contributed by atoms with Gasteiger partial charge in [-0.3, -0.25) is 29.5 Å². The summed E-state index contributed by atoms with van der Waals surface area (Å²) >= 11 is 1.65. The van der Waals surface area contributed by atoms with Crippen molar-refractivity contribution in [3.63, 3.8) is 0 Å². The van der Waals surface area contributed by atoms with E-state index in [1.54, 1.807) is 16.7 Å². The quantitative estimate of drug-likeness (QED) is 0.491. The Kier molecular flexibility index (Phi) is 6.66. The zero-order valence-corrected chi connectivity index (χ0v) is 17.8. The number of aromatic nitrogens is 2. The Hall–Kier alpha value is -2.73. The summed E-state index contributed by atoms with van der Waals surface area (Å²) in [7, 11) is 0. The predicted molar refractivity (Wildman–Crippen MR) is 112 cm³/mol. The first-order valence-electron chi connectivity index (χ1n) is 10.3. The highest BCUT2D eigenvalue weighted by Crippen LogP contribution is 2.18. The molecule has 3 aliphatic heterocycles. The van der Waals surface area contributed by atoms with Gasteiger partial charge in [0.15, 0.2) is 0 Å². The molecule has 4 amide bonds. The van der Waals surface area contributed by atoms with Crippen LogP contribution in [0.4, 0.5) is 0 Å². The molecule has 3 atom stereocenters. The van der Waals surface area contributed by atoms with E-state index in [2.05, 4.69) is 25.9 Å². The van der Waals surface area contributed by atoms with Gasteiger partial charge >= 0.3 is 0 Å². The molecule has 0 aromatic carbocycles. The molecule has 11 nitrogen and oxygen atoms in total. The second-order valence-electron chi connectivity index (χ2n) is 7.66. The Morgan fingerprint density at radius 1 is 1.23 bits per heavy atom. The van der Waals surface area contributed by atoms with Gasteiger partial charge in [0.1, 0.15) is 17.8 Å². The van der Waals surface area contributed by atoms with Gasteiger partial charge in [-0.15, -0.1) is 11.8 Å². The summed E-state index contributed by atoms with van der Waals surface area (Å²) < 4.78 is 0. The Morgan fingerprint density at radius 3 is 2.81 bits per heavy atom. The van der Waals surface area contributed by atoms with Crippen molar-refractivity contribution in [3.05, 3.63) is 24.3 Å². The lowest BCUT2D eigenvalue weighted by atomic mass is 10.0. The van der Waals surface area contributed by atoms with Crippen LogP contribution >= 0.6 is 11.8 Å². The Bertz CT molecular complexity index is 849. The lowest BCUT2D eigenvalue weighted by molar-refractivity contribution is -0.139. The van der Waals surface area contributed by atoms with E-state index in [0.717, 1.165) is 6.42 Å². The topological polar surface area (TPSA) is 137 Å². The van der Waals surface area contributed by atoms with Crippen LogP contribution in [0.5, 0.6) is 0 Å². The van der Waals surface area contributed by atoms with Crippen molar-refractivity contribution in [1.29, 1.82) is 0 Å². The number of hydrogen-bond donors (Lipinski definition) is 3. The Balaban J connectivity index is 1.52. The van der Waals surface area contributed by atoms with Crippen LogP contribution in [0.15, 0.2) is 18.6 Å². The average molecular weight is 448 g/mol. The van der Waals surface area contributed by atoms with Crippen molar-refractivity contribution < 1.29 is 19.2 Å². The van der Waals surface area contributed by atoms with Gasteiger partial charge < -0.3 is 20.4 Å². The number of nitrogens with one attached hydrogen (secondary N) is 3. The van der Waals surface area contributed by atoms with E-state index >= 15 is 0 Å². The van der Waals surface area contributed by atoms with Gasteiger partial charge in [0.2, 0.25) is 17.7 Å². The van der Waals surface area contributed by atoms with Crippen LogP contribution in [0.1, 0.15) is 23.3 Å². The molecule has 0 unspecified atom stereocenters. The van der Waals surface area contributed by atoms with Crippen LogP contribution in [-0.4, -0.2) is 99.3 Å². The van der Waals surface area contributed by atoms with Gasteiger partial charge in [0.05, 0.1) is 18.8 Å². The molecule has 31 heavy (non-hydrogen) atoms. The SMILES string of the molecule is O=C1NCCC[C@H]1NC(=O)[C@@H]1CN(C(=O)[C@H]2CSCN2)CCN1C(=O)c1cnccn1. The standard InChI is InChI=1S/C19H25N7O4S/c27-16-12(2-1-3-22-16)24-17(28)15-9-25(18(29)14-10-31-11-23-14)6-7-26(15)19(30)13-8-20-4-5-21-13/h4-5,8,12,14-15,23H,1-3,6-7,9-11H2,(H,22,27)(H,24,28)/t12-,14-,15+/m1/s1. The fourth-order valence-electron chi connectivity index (χ4n) is 3.96. The Labute approximate surface area is 183 Å². The van der Waals surface area contributed by atoms with Crippen molar-refractivity contribution >= 4 is 35.4 Å². The number of piperidine rings is 1. The van der Waals surface area contributed by atoms with Crippen LogP contribution in [-0.2, 0) is 14.4 Å². The zero-order valence-electron chi connectivity index (χ0n) is 17.0. The van der Waals surface area contributed by atoms with Crippen molar-refractivity contribution in [1.82, 2.24) is 35.7 Å². The number of nitrogens with zero attached hydrogens (tertiary/aromatic N) is 4. The molecule has 0 spiro atoms. The van der Waals surface area contributed by atoms with E-state index in [1.807, 2.05) is 0 Å². The van der Waals surface area contributed by atoms with Gasteiger partial charge in [-0.1, -0.05) is 0 Å². The van der Waals surface area contributed by atoms with Crippen LogP contribution in [0.3, 0.4) is 0 Å². The van der Waals surface area contributed by atoms with Crippen molar-refractivity contribution in [2.75, 3.05) is 37.8 Å². The van der Waals surface area contributed by atoms with Crippen molar-refractivity contribution in [3.8, 4) is 0 Å². The van der Waals surface area contributed by atoms with Crippen molar-refractivity contribution in [2.45, 2.75) is 31.0 Å². The molecule has 3 fully saturated rings. The Morgan fingerprint density at radius 2 is 2.10 bits per heavy atom. The van der Waals surface area contributed by atoms with E-state index < -0.39 is 23.9 Å². The normalized spacial score (nSPS) is 26.3. The summed E-state index contributed by atoms with van der Waals surface area (Å²) in [6, 6.07) is -1.86. The fraction of sp³-hybridized carbons (Fsp3) is 0.579. The number of piperazine rings is 1. The number of amides is 4. The molecule has 3 N–H and O–H groups in total. The number of carbonyl (C=O) groups is 4. The zero-order chi connectivity index (χ0) is 21.8. The first-order chi connectivity index (χ1) is 15.0. The predicted octanol–water partition coefficient (Wildman–Crippen LogP) is -1.81. The lowest BCUT2D eigenvalue weighted by Gasteiger charge is -2.41. The highest BCUT2D eigenvalue weighted by atomic mass is 32.2. The first-order valence-corrected chi connectivity index (χ1v) is 11.4. The summed E-state index contributed by atoms with van der Waals surface area (Å²) in [5.41, 5.74) is 0.129. The first kappa shape index (κ1) is 21.5. The number of thioether (sulfide) groups is 1. The van der Waals surface area contributed by atoms with Gasteiger partial charge in [-0.2, -0.15) is 0 Å². The minimum absolute atomic E-state index is 0.0633. The van der Waals surface area contributed by atoms with E-state index in [9.17, 15) is 19.2 Å². The summed E-state index contributed by atoms with van der Waals surface area (Å²) in [4.78, 5) is 62.2. The number of hydrogen-bond acceptors (Lipinski definition) is 8. The molecule has 0 aliphatic carbocycles. The molecule has 1 aromatic heterocycles. The van der Waals surface area contributed by atoms with Crippen molar-refractivity contribution in [2.24, 2.45) is 0 Å².